The van der Waals surface area contributed by atoms with E-state index in [0.717, 1.165) is 5.56 Å². The number of nitrogens with one attached hydrogen (secondary N) is 2. The maximum absolute atomic E-state index is 11.5. The zero-order valence-electron chi connectivity index (χ0n) is 12.0. The lowest BCUT2D eigenvalue weighted by atomic mass is 10.1. The lowest BCUT2D eigenvalue weighted by Gasteiger charge is -2.02. The van der Waals surface area contributed by atoms with Crippen LogP contribution in [-0.4, -0.2) is 16.9 Å². The first-order valence-corrected chi connectivity index (χ1v) is 6.63. The molecule has 1 aromatic carbocycles. The van der Waals surface area contributed by atoms with Crippen molar-refractivity contribution in [3.63, 3.8) is 0 Å². The Bertz CT molecular complexity index is 866. The van der Waals surface area contributed by atoms with Crippen LogP contribution in [0.3, 0.4) is 0 Å². The number of hydrogen-bond donors (Lipinski definition) is 2. The minimum atomic E-state index is -0.595. The van der Waals surface area contributed by atoms with Crippen LogP contribution in [0, 0.1) is 17.0 Å². The summed E-state index contributed by atoms with van der Waals surface area (Å²) in [4.78, 5) is 32.9. The molecule has 0 radical (unpaired) electrons. The molecule has 3 amide bonds. The summed E-state index contributed by atoms with van der Waals surface area (Å²) < 4.78 is 5.60. The van der Waals surface area contributed by atoms with E-state index in [9.17, 15) is 19.7 Å². The Kier molecular flexibility index (Phi) is 3.41. The first-order chi connectivity index (χ1) is 10.9. The van der Waals surface area contributed by atoms with Gasteiger partial charge < -0.3 is 9.73 Å². The van der Waals surface area contributed by atoms with Crippen LogP contribution in [0.2, 0.25) is 0 Å². The lowest BCUT2D eigenvalue weighted by molar-refractivity contribution is -0.384. The molecule has 0 spiro atoms. The topological polar surface area (TPSA) is 114 Å². The molecule has 0 saturated carbocycles. The summed E-state index contributed by atoms with van der Waals surface area (Å²) in [5.74, 6) is 0.237. The molecular weight excluding hydrogens is 302 g/mol. The van der Waals surface area contributed by atoms with E-state index in [-0.39, 0.29) is 11.4 Å². The second-order valence-corrected chi connectivity index (χ2v) is 4.92. The third kappa shape index (κ3) is 2.82. The molecule has 1 fully saturated rings. The molecule has 2 aromatic rings. The number of amides is 3. The van der Waals surface area contributed by atoms with Gasteiger partial charge >= 0.3 is 6.03 Å². The van der Waals surface area contributed by atoms with Gasteiger partial charge in [-0.2, -0.15) is 0 Å². The lowest BCUT2D eigenvalue weighted by Crippen LogP contribution is -2.22. The van der Waals surface area contributed by atoms with Crippen LogP contribution >= 0.6 is 0 Å². The third-order valence-electron chi connectivity index (χ3n) is 3.33. The summed E-state index contributed by atoms with van der Waals surface area (Å²) in [5.41, 5.74) is 1.44. The van der Waals surface area contributed by atoms with E-state index in [1.165, 1.54) is 18.2 Å². The van der Waals surface area contributed by atoms with Crippen LogP contribution in [-0.2, 0) is 4.79 Å². The van der Waals surface area contributed by atoms with Crippen LogP contribution < -0.4 is 10.6 Å². The van der Waals surface area contributed by atoms with E-state index >= 15 is 0 Å². The number of nitro benzene ring substituents is 1. The van der Waals surface area contributed by atoms with Crippen LogP contribution in [0.1, 0.15) is 11.3 Å². The van der Waals surface area contributed by atoms with Gasteiger partial charge in [0.05, 0.1) is 4.92 Å². The van der Waals surface area contributed by atoms with Gasteiger partial charge in [0.2, 0.25) is 0 Å². The highest BCUT2D eigenvalue weighted by atomic mass is 16.6. The van der Waals surface area contributed by atoms with Crippen molar-refractivity contribution in [1.82, 2.24) is 10.6 Å². The molecule has 23 heavy (non-hydrogen) atoms. The molecule has 116 valence electrons. The van der Waals surface area contributed by atoms with E-state index in [1.54, 1.807) is 18.2 Å². The van der Waals surface area contributed by atoms with Gasteiger partial charge in [0, 0.05) is 23.8 Å². The van der Waals surface area contributed by atoms with Crippen LogP contribution in [0.25, 0.3) is 17.4 Å². The predicted molar refractivity (Wildman–Crippen MR) is 80.2 cm³/mol. The fourth-order valence-electron chi connectivity index (χ4n) is 2.19. The zero-order chi connectivity index (χ0) is 16.6. The molecule has 0 unspecified atom stereocenters. The number of nitrogens with zero attached hydrogens (tertiary/aromatic N) is 1. The van der Waals surface area contributed by atoms with E-state index < -0.39 is 16.9 Å². The van der Waals surface area contributed by atoms with Crippen LogP contribution in [0.15, 0.2) is 40.4 Å². The summed E-state index contributed by atoms with van der Waals surface area (Å²) in [6, 6.07) is 7.14. The van der Waals surface area contributed by atoms with E-state index in [1.807, 2.05) is 6.92 Å². The number of hydrogen-bond acceptors (Lipinski definition) is 5. The van der Waals surface area contributed by atoms with Crippen molar-refractivity contribution in [2.24, 2.45) is 0 Å². The zero-order valence-corrected chi connectivity index (χ0v) is 12.0. The number of rotatable bonds is 3. The van der Waals surface area contributed by atoms with Gasteiger partial charge in [-0.1, -0.05) is 6.07 Å². The molecule has 3 rings (SSSR count). The highest BCUT2D eigenvalue weighted by Gasteiger charge is 2.23. The smallest absolute Gasteiger partial charge is 0.326 e. The molecule has 1 aromatic heterocycles. The Morgan fingerprint density at radius 3 is 2.61 bits per heavy atom. The molecule has 0 atom stereocenters. The second-order valence-electron chi connectivity index (χ2n) is 4.92. The fourth-order valence-corrected chi connectivity index (χ4v) is 2.19. The largest absolute Gasteiger partial charge is 0.457 e. The standard InChI is InChI=1S/C15H11N3O5/c1-8-2-3-9(18(21)22)6-11(8)13-5-4-10(23-13)7-12-14(19)17-15(20)16-12/h2-7H,1H3,(H2,16,17,19,20)/b12-7+. The molecule has 0 aliphatic carbocycles. The second kappa shape index (κ2) is 5.41. The van der Waals surface area contributed by atoms with Crippen molar-refractivity contribution in [1.29, 1.82) is 0 Å². The number of non-ortho nitro benzene ring substituents is 1. The van der Waals surface area contributed by atoms with Crippen molar-refractivity contribution in [2.45, 2.75) is 6.92 Å². The number of furan rings is 1. The maximum Gasteiger partial charge on any atom is 0.326 e. The molecule has 0 bridgehead atoms. The van der Waals surface area contributed by atoms with Gasteiger partial charge in [-0.05, 0) is 24.6 Å². The Hall–Kier alpha value is -3.42. The summed E-state index contributed by atoms with van der Waals surface area (Å²) in [7, 11) is 0. The SMILES string of the molecule is Cc1ccc([N+](=O)[O-])cc1-c1ccc(/C=C2/NC(=O)NC2=O)o1. The van der Waals surface area contributed by atoms with Crippen molar-refractivity contribution in [3.05, 3.63) is 57.5 Å². The molecule has 2 heterocycles. The summed E-state index contributed by atoms with van der Waals surface area (Å²) in [6.45, 7) is 1.81. The van der Waals surface area contributed by atoms with Crippen molar-refractivity contribution < 1.29 is 18.9 Å². The number of aryl methyl sites for hydroxylation is 1. The quantitative estimate of drug-likeness (QED) is 0.390. The summed E-state index contributed by atoms with van der Waals surface area (Å²) >= 11 is 0. The summed E-state index contributed by atoms with van der Waals surface area (Å²) in [6.07, 6.45) is 1.39. The van der Waals surface area contributed by atoms with E-state index in [0.29, 0.717) is 17.1 Å². The number of carbonyl (C=O) groups excluding carboxylic acids is 2. The molecule has 2 N–H and O–H groups in total. The Morgan fingerprint density at radius 2 is 1.96 bits per heavy atom. The number of nitro groups is 1. The van der Waals surface area contributed by atoms with E-state index in [2.05, 4.69) is 10.6 Å². The normalized spacial score (nSPS) is 15.6. The fraction of sp³-hybridized carbons (Fsp3) is 0.0667. The van der Waals surface area contributed by atoms with Gasteiger partial charge in [-0.25, -0.2) is 4.79 Å². The number of urea groups is 1. The molecule has 1 aliphatic heterocycles. The highest BCUT2D eigenvalue weighted by molar-refractivity contribution is 6.13. The average molecular weight is 313 g/mol. The first-order valence-electron chi connectivity index (χ1n) is 6.63. The Balaban J connectivity index is 1.95. The number of benzene rings is 1. The molecule has 1 saturated heterocycles. The van der Waals surface area contributed by atoms with Gasteiger partial charge in [-0.15, -0.1) is 0 Å². The Labute approximate surface area is 129 Å². The van der Waals surface area contributed by atoms with Gasteiger partial charge in [-0.3, -0.25) is 20.2 Å². The van der Waals surface area contributed by atoms with Crippen LogP contribution in [0.5, 0.6) is 0 Å². The van der Waals surface area contributed by atoms with Crippen molar-refractivity contribution in [2.75, 3.05) is 0 Å². The number of imide groups is 1. The van der Waals surface area contributed by atoms with E-state index in [4.69, 9.17) is 4.42 Å². The van der Waals surface area contributed by atoms with Crippen LogP contribution in [0.4, 0.5) is 10.5 Å². The summed E-state index contributed by atoms with van der Waals surface area (Å²) in [5, 5.41) is 15.3. The monoisotopic (exact) mass is 313 g/mol. The highest BCUT2D eigenvalue weighted by Crippen LogP contribution is 2.29. The van der Waals surface area contributed by atoms with Gasteiger partial charge in [0.15, 0.2) is 0 Å². The molecule has 1 aliphatic rings. The minimum absolute atomic E-state index is 0.0376. The van der Waals surface area contributed by atoms with Gasteiger partial charge in [0.1, 0.15) is 17.2 Å². The minimum Gasteiger partial charge on any atom is -0.457 e. The number of carbonyl (C=O) groups is 2. The van der Waals surface area contributed by atoms with Crippen molar-refractivity contribution in [3.8, 4) is 11.3 Å². The molecular formula is C15H11N3O5. The van der Waals surface area contributed by atoms with Crippen molar-refractivity contribution >= 4 is 23.7 Å². The molecule has 8 heteroatoms. The van der Waals surface area contributed by atoms with Gasteiger partial charge in [0.25, 0.3) is 11.6 Å². The average Bonchev–Trinajstić information content (AvgIpc) is 3.06. The maximum atomic E-state index is 11.5. The Morgan fingerprint density at radius 1 is 1.17 bits per heavy atom. The molecule has 8 nitrogen and oxygen atoms in total. The first kappa shape index (κ1) is 14.5. The third-order valence-corrected chi connectivity index (χ3v) is 3.33. The predicted octanol–water partition coefficient (Wildman–Crippen LogP) is 2.34.